The minimum atomic E-state index is -5.69. The molecule has 96 valence electrons. The third-order valence-electron chi connectivity index (χ3n) is 1.47. The topological polar surface area (TPSA) is 26.3 Å². The van der Waals surface area contributed by atoms with E-state index >= 15 is 0 Å². The van der Waals surface area contributed by atoms with Crippen LogP contribution in [0, 0.1) is 0 Å². The normalized spacial score (nSPS) is 13.0. The molecular weight excluding hydrogens is 249 g/mol. The van der Waals surface area contributed by atoms with E-state index in [2.05, 4.69) is 4.74 Å². The van der Waals surface area contributed by atoms with Crippen LogP contribution in [0.2, 0.25) is 0 Å². The van der Waals surface area contributed by atoms with Crippen molar-refractivity contribution < 1.29 is 40.3 Å². The van der Waals surface area contributed by atoms with E-state index in [9.17, 15) is 35.5 Å². The summed E-state index contributed by atoms with van der Waals surface area (Å²) >= 11 is 0. The quantitative estimate of drug-likeness (QED) is 0.429. The van der Waals surface area contributed by atoms with E-state index in [0.29, 0.717) is 0 Å². The number of carbonyl (C=O) groups excluding carboxylic acids is 1. The SMILES string of the molecule is O=C(OCCCC(F)(F)C(F)(F)F)C(F)F. The number of carbonyl (C=O) groups is 1. The molecule has 9 heteroatoms. The molecule has 0 fully saturated rings. The van der Waals surface area contributed by atoms with Crippen molar-refractivity contribution in [1.82, 2.24) is 0 Å². The molecule has 0 saturated heterocycles. The van der Waals surface area contributed by atoms with Gasteiger partial charge in [-0.2, -0.15) is 30.7 Å². The van der Waals surface area contributed by atoms with Crippen molar-refractivity contribution in [1.29, 1.82) is 0 Å². The maximum Gasteiger partial charge on any atom is 0.453 e. The van der Waals surface area contributed by atoms with Crippen molar-refractivity contribution >= 4 is 5.97 Å². The molecule has 0 aromatic carbocycles. The number of rotatable bonds is 5. The lowest BCUT2D eigenvalue weighted by atomic mass is 10.2. The Hall–Kier alpha value is -1.02. The molecule has 0 spiro atoms. The highest BCUT2D eigenvalue weighted by Crippen LogP contribution is 2.38. The number of ether oxygens (including phenoxy) is 1. The van der Waals surface area contributed by atoms with Crippen LogP contribution in [-0.2, 0) is 9.53 Å². The van der Waals surface area contributed by atoms with E-state index in [-0.39, 0.29) is 0 Å². The zero-order chi connectivity index (χ0) is 13.0. The maximum atomic E-state index is 12.2. The van der Waals surface area contributed by atoms with Crippen LogP contribution in [0.4, 0.5) is 30.7 Å². The molecule has 0 N–H and O–H groups in total. The molecule has 0 heterocycles. The smallest absolute Gasteiger partial charge is 0.453 e. The average molecular weight is 256 g/mol. The molecule has 0 aromatic heterocycles. The van der Waals surface area contributed by atoms with Gasteiger partial charge in [-0.05, 0) is 6.42 Å². The van der Waals surface area contributed by atoms with Crippen LogP contribution in [-0.4, -0.2) is 31.1 Å². The summed E-state index contributed by atoms with van der Waals surface area (Å²) < 4.78 is 85.8. The van der Waals surface area contributed by atoms with E-state index in [1.54, 1.807) is 0 Å². The van der Waals surface area contributed by atoms with Crippen LogP contribution in [0.1, 0.15) is 12.8 Å². The zero-order valence-corrected chi connectivity index (χ0v) is 7.66. The van der Waals surface area contributed by atoms with Gasteiger partial charge >= 0.3 is 24.5 Å². The number of esters is 1. The first-order valence-electron chi connectivity index (χ1n) is 3.97. The van der Waals surface area contributed by atoms with Crippen molar-refractivity contribution in [3.8, 4) is 0 Å². The van der Waals surface area contributed by atoms with Gasteiger partial charge in [-0.1, -0.05) is 0 Å². The number of halogens is 7. The maximum absolute atomic E-state index is 12.2. The molecular formula is C7H7F7O2. The molecule has 2 nitrogen and oxygen atoms in total. The van der Waals surface area contributed by atoms with Crippen molar-refractivity contribution in [2.75, 3.05) is 6.61 Å². The Balaban J connectivity index is 3.88. The summed E-state index contributed by atoms with van der Waals surface area (Å²) in [5.41, 5.74) is 0. The fourth-order valence-corrected chi connectivity index (χ4v) is 0.672. The van der Waals surface area contributed by atoms with Crippen molar-refractivity contribution in [2.24, 2.45) is 0 Å². The second-order valence-corrected chi connectivity index (χ2v) is 2.77. The summed E-state index contributed by atoms with van der Waals surface area (Å²) in [5.74, 6) is -6.86. The van der Waals surface area contributed by atoms with E-state index < -0.39 is 43.9 Å². The first-order valence-corrected chi connectivity index (χ1v) is 3.97. The third-order valence-corrected chi connectivity index (χ3v) is 1.47. The van der Waals surface area contributed by atoms with Gasteiger partial charge in [0.1, 0.15) is 0 Å². The highest BCUT2D eigenvalue weighted by atomic mass is 19.4. The molecule has 0 aliphatic carbocycles. The van der Waals surface area contributed by atoms with Crippen molar-refractivity contribution in [3.63, 3.8) is 0 Å². The lowest BCUT2D eigenvalue weighted by Gasteiger charge is -2.19. The van der Waals surface area contributed by atoms with Gasteiger partial charge < -0.3 is 4.74 Å². The van der Waals surface area contributed by atoms with Gasteiger partial charge in [0, 0.05) is 6.42 Å². The summed E-state index contributed by atoms with van der Waals surface area (Å²) in [5, 5.41) is 0. The lowest BCUT2D eigenvalue weighted by molar-refractivity contribution is -0.285. The van der Waals surface area contributed by atoms with Gasteiger partial charge in [-0.25, -0.2) is 4.79 Å². The zero-order valence-electron chi connectivity index (χ0n) is 7.66. The number of hydrogen-bond donors (Lipinski definition) is 0. The van der Waals surface area contributed by atoms with Crippen LogP contribution in [0.5, 0.6) is 0 Å². The Kier molecular flexibility index (Phi) is 5.01. The van der Waals surface area contributed by atoms with E-state index in [4.69, 9.17) is 0 Å². The van der Waals surface area contributed by atoms with Crippen molar-refractivity contribution in [2.45, 2.75) is 31.4 Å². The molecule has 0 aliphatic heterocycles. The standard InChI is InChI=1S/C7H7F7O2/c8-4(9)5(15)16-3-1-2-6(10,11)7(12,13)14/h4H,1-3H2. The molecule has 0 radical (unpaired) electrons. The van der Waals surface area contributed by atoms with Crippen LogP contribution >= 0.6 is 0 Å². The molecule has 0 aromatic rings. The molecule has 0 amide bonds. The summed E-state index contributed by atoms with van der Waals surface area (Å²) in [6.45, 7) is -0.908. The molecule has 0 rings (SSSR count). The van der Waals surface area contributed by atoms with Crippen molar-refractivity contribution in [3.05, 3.63) is 0 Å². The summed E-state index contributed by atoms with van der Waals surface area (Å²) in [7, 11) is 0. The van der Waals surface area contributed by atoms with Gasteiger partial charge in [-0.15, -0.1) is 0 Å². The van der Waals surface area contributed by atoms with Gasteiger partial charge in [0.2, 0.25) is 0 Å². The molecule has 0 saturated carbocycles. The van der Waals surface area contributed by atoms with E-state index in [1.165, 1.54) is 0 Å². The summed E-state index contributed by atoms with van der Waals surface area (Å²) in [6, 6.07) is 0. The Morgan fingerprint density at radius 2 is 1.62 bits per heavy atom. The Labute approximate surface area is 85.4 Å². The van der Waals surface area contributed by atoms with E-state index in [1.807, 2.05) is 0 Å². The third kappa shape index (κ3) is 4.67. The molecule has 0 unspecified atom stereocenters. The highest BCUT2D eigenvalue weighted by Gasteiger charge is 2.56. The first-order chi connectivity index (χ1) is 7.08. The Bertz CT molecular complexity index is 235. The molecule has 16 heavy (non-hydrogen) atoms. The number of alkyl halides is 7. The predicted molar refractivity (Wildman–Crippen MR) is 37.2 cm³/mol. The molecule has 0 bridgehead atoms. The second kappa shape index (κ2) is 5.35. The fourth-order valence-electron chi connectivity index (χ4n) is 0.672. The molecule has 0 atom stereocenters. The lowest BCUT2D eigenvalue weighted by Crippen LogP contribution is -2.36. The Morgan fingerprint density at radius 1 is 1.12 bits per heavy atom. The summed E-state index contributed by atoms with van der Waals surface area (Å²) in [4.78, 5) is 10.1. The fraction of sp³-hybridized carbons (Fsp3) is 0.857. The van der Waals surface area contributed by atoms with Gasteiger partial charge in [0.25, 0.3) is 0 Å². The Morgan fingerprint density at radius 3 is 2.00 bits per heavy atom. The van der Waals surface area contributed by atoms with Crippen LogP contribution in [0.3, 0.4) is 0 Å². The minimum Gasteiger partial charge on any atom is -0.461 e. The van der Waals surface area contributed by atoms with Gasteiger partial charge in [0.05, 0.1) is 6.61 Å². The monoisotopic (exact) mass is 256 g/mol. The van der Waals surface area contributed by atoms with Gasteiger partial charge in [-0.3, -0.25) is 0 Å². The van der Waals surface area contributed by atoms with Crippen LogP contribution in [0.25, 0.3) is 0 Å². The van der Waals surface area contributed by atoms with Crippen LogP contribution < -0.4 is 0 Å². The minimum absolute atomic E-state index is 0.856. The second-order valence-electron chi connectivity index (χ2n) is 2.77. The largest absolute Gasteiger partial charge is 0.461 e. The predicted octanol–water partition coefficient (Wildman–Crippen LogP) is 2.77. The average Bonchev–Trinajstić information content (AvgIpc) is 2.09. The highest BCUT2D eigenvalue weighted by molar-refractivity contribution is 5.72. The number of hydrogen-bond acceptors (Lipinski definition) is 2. The first kappa shape index (κ1) is 15.0. The van der Waals surface area contributed by atoms with E-state index in [0.717, 1.165) is 0 Å². The molecule has 0 aliphatic rings. The summed E-state index contributed by atoms with van der Waals surface area (Å²) in [6.07, 6.45) is -11.6. The van der Waals surface area contributed by atoms with Gasteiger partial charge in [0.15, 0.2) is 0 Å². The van der Waals surface area contributed by atoms with Crippen LogP contribution in [0.15, 0.2) is 0 Å².